The fourth-order valence-electron chi connectivity index (χ4n) is 0.759. The summed E-state index contributed by atoms with van der Waals surface area (Å²) in [6.45, 7) is 3.51. The molecule has 0 saturated carbocycles. The van der Waals surface area contributed by atoms with Crippen molar-refractivity contribution >= 4 is 5.78 Å². The molecule has 12 heavy (non-hydrogen) atoms. The minimum absolute atomic E-state index is 0.0141. The monoisotopic (exact) mass is 166 g/mol. The van der Waals surface area contributed by atoms with Crippen LogP contribution in [0.2, 0.25) is 0 Å². The molecule has 0 aliphatic carbocycles. The smallest absolute Gasteiger partial charge is 0.159 e. The van der Waals surface area contributed by atoms with Crippen molar-refractivity contribution in [1.82, 2.24) is 0 Å². The molecular weight excluding hydrogens is 152 g/mol. The minimum Gasteiger partial charge on any atom is -0.365 e. The number of methoxy groups -OCH3 is 1. The van der Waals surface area contributed by atoms with Crippen molar-refractivity contribution in [1.29, 1.82) is 0 Å². The van der Waals surface area contributed by atoms with Gasteiger partial charge in [0.1, 0.15) is 5.60 Å². The largest absolute Gasteiger partial charge is 0.365 e. The lowest BCUT2D eigenvalue weighted by atomic mass is 10.0. The number of terminal acetylenes is 1. The van der Waals surface area contributed by atoms with Crippen LogP contribution in [0.15, 0.2) is 12.2 Å². The van der Waals surface area contributed by atoms with E-state index in [1.165, 1.54) is 13.2 Å². The van der Waals surface area contributed by atoms with Gasteiger partial charge < -0.3 is 4.74 Å². The van der Waals surface area contributed by atoms with Gasteiger partial charge >= 0.3 is 0 Å². The summed E-state index contributed by atoms with van der Waals surface area (Å²) in [5.74, 6) is 2.43. The molecule has 0 bridgehead atoms. The number of hydrogen-bond acceptors (Lipinski definition) is 2. The van der Waals surface area contributed by atoms with Crippen LogP contribution in [0.5, 0.6) is 0 Å². The Morgan fingerprint density at radius 2 is 2.33 bits per heavy atom. The number of hydrogen-bond donors (Lipinski definition) is 0. The highest BCUT2D eigenvalue weighted by Gasteiger charge is 2.22. The average molecular weight is 166 g/mol. The summed E-state index contributed by atoms with van der Waals surface area (Å²) in [5.41, 5.74) is -0.767. The SMILES string of the molecule is C#CC(C)(CC(=O)C=CC)OC. The molecule has 0 aromatic heterocycles. The molecule has 0 N–H and O–H groups in total. The number of allylic oxidation sites excluding steroid dienone is 2. The molecule has 1 atom stereocenters. The second-order valence-corrected chi connectivity index (χ2v) is 2.72. The molecule has 0 radical (unpaired) electrons. The number of ketones is 1. The van der Waals surface area contributed by atoms with Crippen molar-refractivity contribution < 1.29 is 9.53 Å². The zero-order valence-electron chi connectivity index (χ0n) is 7.76. The minimum atomic E-state index is -0.767. The van der Waals surface area contributed by atoms with E-state index >= 15 is 0 Å². The van der Waals surface area contributed by atoms with Gasteiger partial charge in [-0.25, -0.2) is 0 Å². The van der Waals surface area contributed by atoms with Gasteiger partial charge in [-0.2, -0.15) is 0 Å². The van der Waals surface area contributed by atoms with Gasteiger partial charge in [0.2, 0.25) is 0 Å². The molecule has 0 spiro atoms. The predicted molar refractivity (Wildman–Crippen MR) is 48.7 cm³/mol. The van der Waals surface area contributed by atoms with Gasteiger partial charge in [-0.15, -0.1) is 6.42 Å². The number of rotatable bonds is 4. The van der Waals surface area contributed by atoms with Gasteiger partial charge in [0, 0.05) is 7.11 Å². The highest BCUT2D eigenvalue weighted by Crippen LogP contribution is 2.13. The van der Waals surface area contributed by atoms with E-state index in [9.17, 15) is 4.79 Å². The third kappa shape index (κ3) is 3.36. The van der Waals surface area contributed by atoms with Crippen LogP contribution >= 0.6 is 0 Å². The Kier molecular flexibility index (Phi) is 4.31. The van der Waals surface area contributed by atoms with E-state index < -0.39 is 5.60 Å². The fraction of sp³-hybridized carbons (Fsp3) is 0.500. The third-order valence-corrected chi connectivity index (χ3v) is 1.62. The normalized spacial score (nSPS) is 15.5. The van der Waals surface area contributed by atoms with Crippen molar-refractivity contribution in [3.63, 3.8) is 0 Å². The Morgan fingerprint density at radius 3 is 2.67 bits per heavy atom. The maximum Gasteiger partial charge on any atom is 0.159 e. The van der Waals surface area contributed by atoms with Gasteiger partial charge in [0.05, 0.1) is 6.42 Å². The number of carbonyl (C=O) groups excluding carboxylic acids is 1. The second-order valence-electron chi connectivity index (χ2n) is 2.72. The standard InChI is InChI=1S/C10H14O2/c1-5-7-9(11)8-10(3,6-2)12-4/h2,5,7H,8H2,1,3-4H3. The molecule has 0 rings (SSSR count). The summed E-state index contributed by atoms with van der Waals surface area (Å²) in [4.78, 5) is 11.1. The average Bonchev–Trinajstić information content (AvgIpc) is 2.05. The Bertz CT molecular complexity index is 222. The van der Waals surface area contributed by atoms with Crippen LogP contribution in [0.1, 0.15) is 20.3 Å². The van der Waals surface area contributed by atoms with Crippen molar-refractivity contribution in [3.05, 3.63) is 12.2 Å². The molecule has 0 fully saturated rings. The van der Waals surface area contributed by atoms with E-state index in [1.807, 2.05) is 0 Å². The van der Waals surface area contributed by atoms with Crippen LogP contribution < -0.4 is 0 Å². The summed E-state index contributed by atoms with van der Waals surface area (Å²) in [7, 11) is 1.50. The Morgan fingerprint density at radius 1 is 1.75 bits per heavy atom. The summed E-state index contributed by atoms with van der Waals surface area (Å²) in [6, 6.07) is 0. The van der Waals surface area contributed by atoms with E-state index in [4.69, 9.17) is 11.2 Å². The van der Waals surface area contributed by atoms with Crippen molar-refractivity contribution in [2.24, 2.45) is 0 Å². The molecule has 1 unspecified atom stereocenters. The lowest BCUT2D eigenvalue weighted by molar-refractivity contribution is -0.118. The lowest BCUT2D eigenvalue weighted by Crippen LogP contribution is -2.27. The van der Waals surface area contributed by atoms with Crippen molar-refractivity contribution in [2.75, 3.05) is 7.11 Å². The van der Waals surface area contributed by atoms with Crippen LogP contribution in [-0.2, 0) is 9.53 Å². The van der Waals surface area contributed by atoms with Gasteiger partial charge in [-0.3, -0.25) is 4.79 Å². The molecule has 0 aromatic rings. The van der Waals surface area contributed by atoms with Crippen LogP contribution in [0.4, 0.5) is 0 Å². The maximum absolute atomic E-state index is 11.1. The van der Waals surface area contributed by atoms with Gasteiger partial charge in [0.15, 0.2) is 5.78 Å². The first-order chi connectivity index (χ1) is 5.58. The molecule has 2 nitrogen and oxygen atoms in total. The molecule has 2 heteroatoms. The summed E-state index contributed by atoms with van der Waals surface area (Å²) in [5, 5.41) is 0. The fourth-order valence-corrected chi connectivity index (χ4v) is 0.759. The quantitative estimate of drug-likeness (QED) is 0.468. The van der Waals surface area contributed by atoms with E-state index in [0.29, 0.717) is 0 Å². The zero-order valence-corrected chi connectivity index (χ0v) is 7.76. The number of carbonyl (C=O) groups is 1. The molecule has 66 valence electrons. The molecule has 0 aliphatic heterocycles. The van der Waals surface area contributed by atoms with E-state index in [2.05, 4.69) is 5.92 Å². The first kappa shape index (κ1) is 10.9. The topological polar surface area (TPSA) is 26.3 Å². The molecule has 0 saturated heterocycles. The Labute approximate surface area is 73.6 Å². The van der Waals surface area contributed by atoms with Gasteiger partial charge in [-0.1, -0.05) is 12.0 Å². The second kappa shape index (κ2) is 4.74. The van der Waals surface area contributed by atoms with Gasteiger partial charge in [0.25, 0.3) is 0 Å². The van der Waals surface area contributed by atoms with E-state index in [0.717, 1.165) is 0 Å². The maximum atomic E-state index is 11.1. The van der Waals surface area contributed by atoms with Crippen LogP contribution in [-0.4, -0.2) is 18.5 Å². The third-order valence-electron chi connectivity index (χ3n) is 1.62. The van der Waals surface area contributed by atoms with Crippen molar-refractivity contribution in [3.8, 4) is 12.3 Å². The summed E-state index contributed by atoms with van der Waals surface area (Å²) in [6.07, 6.45) is 8.62. The van der Waals surface area contributed by atoms with E-state index in [1.54, 1.807) is 19.9 Å². The Balaban J connectivity index is 4.24. The van der Waals surface area contributed by atoms with Crippen molar-refractivity contribution in [2.45, 2.75) is 25.9 Å². The molecule has 0 amide bonds. The molecular formula is C10H14O2. The van der Waals surface area contributed by atoms with Gasteiger partial charge in [-0.05, 0) is 19.9 Å². The first-order valence-electron chi connectivity index (χ1n) is 3.76. The number of ether oxygens (including phenoxy) is 1. The lowest BCUT2D eigenvalue weighted by Gasteiger charge is -2.19. The highest BCUT2D eigenvalue weighted by molar-refractivity contribution is 5.90. The highest BCUT2D eigenvalue weighted by atomic mass is 16.5. The molecule has 0 aliphatic rings. The molecule has 0 aromatic carbocycles. The summed E-state index contributed by atoms with van der Waals surface area (Å²) < 4.78 is 5.01. The molecule has 0 heterocycles. The van der Waals surface area contributed by atoms with Crippen LogP contribution in [0, 0.1) is 12.3 Å². The first-order valence-corrected chi connectivity index (χ1v) is 3.76. The van der Waals surface area contributed by atoms with Crippen LogP contribution in [0.3, 0.4) is 0 Å². The van der Waals surface area contributed by atoms with Crippen LogP contribution in [0.25, 0.3) is 0 Å². The zero-order chi connectivity index (χ0) is 9.61. The Hall–Kier alpha value is -1.07. The predicted octanol–water partition coefficient (Wildman–Crippen LogP) is 1.56. The summed E-state index contributed by atoms with van der Waals surface area (Å²) >= 11 is 0. The van der Waals surface area contributed by atoms with E-state index in [-0.39, 0.29) is 12.2 Å².